The predicted octanol–water partition coefficient (Wildman–Crippen LogP) is 6.77. The Kier molecular flexibility index (Phi) is 18.5. The molecule has 0 heterocycles. The summed E-state index contributed by atoms with van der Waals surface area (Å²) in [5.41, 5.74) is 0. The summed E-state index contributed by atoms with van der Waals surface area (Å²) in [6.07, 6.45) is 23.2. The Hall–Kier alpha value is -0.270. The normalized spacial score (nSPS) is 12.8. The molecule has 0 bridgehead atoms. The number of hydrogen-bond acceptors (Lipinski definition) is 2. The molecule has 0 rings (SSSR count). The Balaban J connectivity index is 3.02. The maximum Gasteiger partial charge on any atom is 0.364 e. The van der Waals surface area contributed by atoms with Crippen molar-refractivity contribution in [3.63, 3.8) is 0 Å². The predicted molar refractivity (Wildman–Crippen MR) is 96.4 cm³/mol. The molecule has 0 aliphatic heterocycles. The average Bonchev–Trinajstić information content (AvgIpc) is 2.50. The second kappa shape index (κ2) is 18.8. The minimum atomic E-state index is -2.79. The van der Waals surface area contributed by atoms with Crippen LogP contribution in [0, 0.1) is 0 Å². The van der Waals surface area contributed by atoms with Gasteiger partial charge in [-0.3, -0.25) is 0 Å². The van der Waals surface area contributed by atoms with Crippen molar-refractivity contribution in [2.24, 2.45) is 0 Å². The molecule has 0 aromatic rings. The third-order valence-corrected chi connectivity index (χ3v) is 4.33. The van der Waals surface area contributed by atoms with Gasteiger partial charge in [0.15, 0.2) is 0 Å². The van der Waals surface area contributed by atoms with Gasteiger partial charge in [-0.1, -0.05) is 90.4 Å². The van der Waals surface area contributed by atoms with Crippen molar-refractivity contribution < 1.29 is 14.0 Å². The van der Waals surface area contributed by atoms with E-state index in [-0.39, 0.29) is 0 Å². The van der Waals surface area contributed by atoms with Gasteiger partial charge in [-0.2, -0.15) is 0 Å². The minimum Gasteiger partial charge on any atom is -0.435 e. The van der Waals surface area contributed by atoms with E-state index in [0.717, 1.165) is 12.8 Å². The summed E-state index contributed by atoms with van der Waals surface area (Å²) in [7, 11) is -2.79. The summed E-state index contributed by atoms with van der Waals surface area (Å²) in [4.78, 5) is 8.45. The zero-order valence-electron chi connectivity index (χ0n) is 14.5. The van der Waals surface area contributed by atoms with Gasteiger partial charge < -0.3 is 9.42 Å². The number of rotatable bonds is 17. The van der Waals surface area contributed by atoms with E-state index in [4.69, 9.17) is 4.89 Å². The molecule has 0 aromatic heterocycles. The van der Waals surface area contributed by atoms with E-state index in [1.165, 1.54) is 89.7 Å². The van der Waals surface area contributed by atoms with Crippen LogP contribution in [-0.4, -0.2) is 4.89 Å². The van der Waals surface area contributed by atoms with Crippen molar-refractivity contribution in [1.29, 1.82) is 0 Å². The van der Waals surface area contributed by atoms with Crippen LogP contribution in [0.5, 0.6) is 0 Å². The van der Waals surface area contributed by atoms with E-state index < -0.39 is 8.25 Å². The molecule has 0 amide bonds. The Morgan fingerprint density at radius 3 is 1.59 bits per heavy atom. The van der Waals surface area contributed by atoms with Gasteiger partial charge in [-0.15, -0.1) is 0 Å². The molecule has 0 aliphatic carbocycles. The van der Waals surface area contributed by atoms with Gasteiger partial charge in [0.05, 0.1) is 6.26 Å². The lowest BCUT2D eigenvalue weighted by molar-refractivity contribution is 0.377. The topological polar surface area (TPSA) is 46.5 Å². The largest absolute Gasteiger partial charge is 0.435 e. The third-order valence-electron chi connectivity index (χ3n) is 3.99. The quantitative estimate of drug-likeness (QED) is 0.182. The van der Waals surface area contributed by atoms with Crippen LogP contribution in [-0.2, 0) is 9.09 Å². The van der Waals surface area contributed by atoms with Gasteiger partial charge >= 0.3 is 8.25 Å². The van der Waals surface area contributed by atoms with Crippen LogP contribution < -0.4 is 0 Å². The molecule has 0 spiro atoms. The van der Waals surface area contributed by atoms with Crippen LogP contribution in [0.1, 0.15) is 103 Å². The van der Waals surface area contributed by atoms with Gasteiger partial charge in [0.25, 0.3) is 0 Å². The maximum absolute atomic E-state index is 10.3. The molecule has 0 fully saturated rings. The van der Waals surface area contributed by atoms with Gasteiger partial charge in [-0.25, -0.2) is 4.57 Å². The van der Waals surface area contributed by atoms with Crippen LogP contribution >= 0.6 is 8.25 Å². The molecule has 0 aromatic carbocycles. The first kappa shape index (κ1) is 21.7. The fraction of sp³-hybridized carbons (Fsp3) is 0.889. The van der Waals surface area contributed by atoms with Gasteiger partial charge in [0.2, 0.25) is 0 Å². The van der Waals surface area contributed by atoms with Crippen molar-refractivity contribution in [3.8, 4) is 0 Å². The highest BCUT2D eigenvalue weighted by Crippen LogP contribution is 2.15. The first-order valence-electron chi connectivity index (χ1n) is 9.32. The first-order valence-corrected chi connectivity index (χ1v) is 10.6. The molecule has 0 saturated heterocycles. The van der Waals surface area contributed by atoms with Crippen LogP contribution in [0.3, 0.4) is 0 Å². The number of hydrogen-bond donors (Lipinski definition) is 1. The van der Waals surface area contributed by atoms with Crippen molar-refractivity contribution in [2.45, 2.75) is 103 Å². The lowest BCUT2D eigenvalue weighted by Gasteiger charge is -2.02. The Morgan fingerprint density at radius 2 is 1.18 bits per heavy atom. The number of allylic oxidation sites excluding steroid dienone is 1. The third kappa shape index (κ3) is 19.7. The van der Waals surface area contributed by atoms with Crippen LogP contribution in [0.2, 0.25) is 0 Å². The molecular weight excluding hydrogens is 295 g/mol. The molecule has 3 nitrogen and oxygen atoms in total. The lowest BCUT2D eigenvalue weighted by atomic mass is 10.0. The van der Waals surface area contributed by atoms with Crippen molar-refractivity contribution in [3.05, 3.63) is 12.3 Å². The Morgan fingerprint density at radius 1 is 0.773 bits per heavy atom. The first-order chi connectivity index (χ1) is 10.8. The molecule has 1 atom stereocenters. The summed E-state index contributed by atoms with van der Waals surface area (Å²) in [6, 6.07) is 0. The molecule has 132 valence electrons. The van der Waals surface area contributed by atoms with E-state index in [1.807, 2.05) is 6.08 Å². The molecule has 0 saturated carbocycles. The van der Waals surface area contributed by atoms with Crippen molar-refractivity contribution in [2.75, 3.05) is 0 Å². The van der Waals surface area contributed by atoms with Crippen LogP contribution in [0.25, 0.3) is 0 Å². The summed E-state index contributed by atoms with van der Waals surface area (Å²) in [6.45, 7) is 2.27. The fourth-order valence-electron chi connectivity index (χ4n) is 2.63. The van der Waals surface area contributed by atoms with Crippen LogP contribution in [0.4, 0.5) is 0 Å². The molecule has 22 heavy (non-hydrogen) atoms. The van der Waals surface area contributed by atoms with E-state index in [2.05, 4.69) is 11.4 Å². The van der Waals surface area contributed by atoms with Crippen LogP contribution in [0.15, 0.2) is 12.3 Å². The molecule has 1 unspecified atom stereocenters. The molecule has 0 aliphatic rings. The Bertz CT molecular complexity index is 267. The van der Waals surface area contributed by atoms with E-state index in [0.29, 0.717) is 0 Å². The smallest absolute Gasteiger partial charge is 0.364 e. The second-order valence-corrected chi connectivity index (χ2v) is 6.91. The van der Waals surface area contributed by atoms with E-state index >= 15 is 0 Å². The monoisotopic (exact) mass is 332 g/mol. The molecule has 1 N–H and O–H groups in total. The van der Waals surface area contributed by atoms with E-state index in [1.54, 1.807) is 0 Å². The maximum atomic E-state index is 10.3. The highest BCUT2D eigenvalue weighted by molar-refractivity contribution is 7.32. The zero-order chi connectivity index (χ0) is 16.3. The summed E-state index contributed by atoms with van der Waals surface area (Å²) in [5, 5.41) is 0. The summed E-state index contributed by atoms with van der Waals surface area (Å²) in [5.74, 6) is 0. The fourth-order valence-corrected chi connectivity index (χ4v) is 2.84. The van der Waals surface area contributed by atoms with Crippen molar-refractivity contribution >= 4 is 8.25 Å². The number of unbranched alkanes of at least 4 members (excludes halogenated alkanes) is 14. The summed E-state index contributed by atoms with van der Waals surface area (Å²) < 4.78 is 14.8. The van der Waals surface area contributed by atoms with Crippen molar-refractivity contribution in [1.82, 2.24) is 0 Å². The SMILES string of the molecule is CCCCCCCCCCCCCCCCC=CO[PH](=O)O. The Labute approximate surface area is 138 Å². The minimum absolute atomic E-state index is 0.938. The van der Waals surface area contributed by atoms with E-state index in [9.17, 15) is 4.57 Å². The molecule has 0 radical (unpaired) electrons. The van der Waals surface area contributed by atoms with Gasteiger partial charge in [-0.05, 0) is 18.9 Å². The highest BCUT2D eigenvalue weighted by atomic mass is 31.1. The molecule has 4 heteroatoms. The molecular formula is C18H37O3P. The second-order valence-electron chi connectivity index (χ2n) is 6.14. The average molecular weight is 332 g/mol. The highest BCUT2D eigenvalue weighted by Gasteiger charge is 1.93. The van der Waals surface area contributed by atoms with Gasteiger partial charge in [0.1, 0.15) is 0 Å². The van der Waals surface area contributed by atoms with Gasteiger partial charge in [0, 0.05) is 0 Å². The lowest BCUT2D eigenvalue weighted by Crippen LogP contribution is -1.83. The standard InChI is InChI=1S/C18H37O3P/c1-2-3-4-5-6-7-8-9-10-11-12-13-14-15-16-17-18-21-22(19)20/h17-18,22H,2-16H2,1H3,(H,19,20). The summed E-state index contributed by atoms with van der Waals surface area (Å²) >= 11 is 0. The zero-order valence-corrected chi connectivity index (χ0v) is 15.5.